The van der Waals surface area contributed by atoms with E-state index in [4.69, 9.17) is 0 Å². The van der Waals surface area contributed by atoms with Gasteiger partial charge in [-0.15, -0.1) is 0 Å². The minimum atomic E-state index is 1.02. The van der Waals surface area contributed by atoms with Crippen molar-refractivity contribution in [1.82, 2.24) is 4.90 Å². The number of rotatable bonds is 8. The molecule has 0 N–H and O–H groups in total. The first-order valence-electron chi connectivity index (χ1n) is 7.09. The van der Waals surface area contributed by atoms with E-state index < -0.39 is 0 Å². The van der Waals surface area contributed by atoms with Crippen LogP contribution in [-0.4, -0.2) is 24.5 Å². The molecular weight excluding hydrogens is 182 g/mol. The van der Waals surface area contributed by atoms with E-state index >= 15 is 0 Å². The first-order valence-corrected chi connectivity index (χ1v) is 7.09. The van der Waals surface area contributed by atoms with Crippen LogP contribution in [0.4, 0.5) is 0 Å². The Balaban J connectivity index is 1.94. The Morgan fingerprint density at radius 1 is 1.00 bits per heavy atom. The molecule has 0 amide bonds. The SMILES string of the molecule is CCCCCCCN1CCC(CCC)C1. The average molecular weight is 211 g/mol. The normalized spacial score (nSPS) is 22.4. The molecule has 1 aliphatic rings. The molecule has 0 aromatic heterocycles. The lowest BCUT2D eigenvalue weighted by molar-refractivity contribution is 0.311. The van der Waals surface area contributed by atoms with Crippen LogP contribution in [0.1, 0.15) is 65.2 Å². The molecule has 0 spiro atoms. The molecule has 0 aliphatic carbocycles. The van der Waals surface area contributed by atoms with E-state index in [9.17, 15) is 0 Å². The van der Waals surface area contributed by atoms with Gasteiger partial charge >= 0.3 is 0 Å². The quantitative estimate of drug-likeness (QED) is 0.547. The molecule has 90 valence electrons. The summed E-state index contributed by atoms with van der Waals surface area (Å²) in [4.78, 5) is 2.69. The number of likely N-dealkylation sites (tertiary alicyclic amines) is 1. The molecule has 0 aromatic carbocycles. The maximum Gasteiger partial charge on any atom is 0.00101 e. The van der Waals surface area contributed by atoms with Crippen molar-refractivity contribution in [2.45, 2.75) is 65.2 Å². The summed E-state index contributed by atoms with van der Waals surface area (Å²) in [5.74, 6) is 1.02. The van der Waals surface area contributed by atoms with Crippen molar-refractivity contribution in [3.05, 3.63) is 0 Å². The first-order chi connectivity index (χ1) is 7.36. The molecular formula is C14H29N. The molecule has 1 atom stereocenters. The number of hydrogen-bond acceptors (Lipinski definition) is 1. The van der Waals surface area contributed by atoms with Crippen LogP contribution < -0.4 is 0 Å². The van der Waals surface area contributed by atoms with Gasteiger partial charge in [-0.2, -0.15) is 0 Å². The molecule has 1 nitrogen and oxygen atoms in total. The minimum absolute atomic E-state index is 1.02. The molecule has 1 heteroatoms. The van der Waals surface area contributed by atoms with E-state index in [-0.39, 0.29) is 0 Å². The molecule has 1 unspecified atom stereocenters. The Hall–Kier alpha value is -0.0400. The van der Waals surface area contributed by atoms with Crippen LogP contribution >= 0.6 is 0 Å². The van der Waals surface area contributed by atoms with Crippen molar-refractivity contribution >= 4 is 0 Å². The van der Waals surface area contributed by atoms with Crippen molar-refractivity contribution in [1.29, 1.82) is 0 Å². The van der Waals surface area contributed by atoms with Crippen LogP contribution in [0.2, 0.25) is 0 Å². The van der Waals surface area contributed by atoms with Crippen molar-refractivity contribution in [3.63, 3.8) is 0 Å². The van der Waals surface area contributed by atoms with Crippen LogP contribution in [-0.2, 0) is 0 Å². The van der Waals surface area contributed by atoms with E-state index in [2.05, 4.69) is 18.7 Å². The van der Waals surface area contributed by atoms with Crippen LogP contribution in [0.15, 0.2) is 0 Å². The average Bonchev–Trinajstić information content (AvgIpc) is 2.66. The highest BCUT2D eigenvalue weighted by Gasteiger charge is 2.20. The predicted octanol–water partition coefficient (Wildman–Crippen LogP) is 4.08. The van der Waals surface area contributed by atoms with Crippen molar-refractivity contribution < 1.29 is 0 Å². The fraction of sp³-hybridized carbons (Fsp3) is 1.00. The fourth-order valence-corrected chi connectivity index (χ4v) is 2.70. The van der Waals surface area contributed by atoms with E-state index in [0.29, 0.717) is 0 Å². The zero-order valence-corrected chi connectivity index (χ0v) is 10.8. The fourth-order valence-electron chi connectivity index (χ4n) is 2.70. The van der Waals surface area contributed by atoms with Gasteiger partial charge in [0.2, 0.25) is 0 Å². The van der Waals surface area contributed by atoms with Crippen LogP contribution in [0.3, 0.4) is 0 Å². The molecule has 1 saturated heterocycles. The zero-order valence-electron chi connectivity index (χ0n) is 10.8. The van der Waals surface area contributed by atoms with Crippen LogP contribution in [0.5, 0.6) is 0 Å². The summed E-state index contributed by atoms with van der Waals surface area (Å²) in [6.07, 6.45) is 11.4. The molecule has 0 radical (unpaired) electrons. The lowest BCUT2D eigenvalue weighted by atomic mass is 10.0. The molecule has 15 heavy (non-hydrogen) atoms. The van der Waals surface area contributed by atoms with Gasteiger partial charge in [0.05, 0.1) is 0 Å². The molecule has 1 fully saturated rings. The van der Waals surface area contributed by atoms with E-state index in [0.717, 1.165) is 5.92 Å². The van der Waals surface area contributed by atoms with E-state index in [1.807, 2.05) is 0 Å². The Bertz CT molecular complexity index is 144. The lowest BCUT2D eigenvalue weighted by Gasteiger charge is -2.15. The molecule has 0 aromatic rings. The third kappa shape index (κ3) is 5.55. The first kappa shape index (κ1) is 13.0. The van der Waals surface area contributed by atoms with Crippen molar-refractivity contribution in [2.75, 3.05) is 19.6 Å². The molecule has 0 saturated carbocycles. The Morgan fingerprint density at radius 2 is 1.80 bits per heavy atom. The Morgan fingerprint density at radius 3 is 2.53 bits per heavy atom. The monoisotopic (exact) mass is 211 g/mol. The van der Waals surface area contributed by atoms with Crippen LogP contribution in [0, 0.1) is 5.92 Å². The summed E-state index contributed by atoms with van der Waals surface area (Å²) in [5, 5.41) is 0. The second kappa shape index (κ2) is 8.15. The third-order valence-corrected chi connectivity index (χ3v) is 3.64. The summed E-state index contributed by atoms with van der Waals surface area (Å²) in [6.45, 7) is 8.73. The molecule has 1 aliphatic heterocycles. The number of hydrogen-bond donors (Lipinski definition) is 0. The highest BCUT2D eigenvalue weighted by Crippen LogP contribution is 2.21. The zero-order chi connectivity index (χ0) is 10.9. The molecule has 1 heterocycles. The van der Waals surface area contributed by atoms with E-state index in [1.165, 1.54) is 71.0 Å². The second-order valence-electron chi connectivity index (χ2n) is 5.16. The van der Waals surface area contributed by atoms with Gasteiger partial charge in [-0.25, -0.2) is 0 Å². The minimum Gasteiger partial charge on any atom is -0.303 e. The van der Waals surface area contributed by atoms with Crippen molar-refractivity contribution in [2.24, 2.45) is 5.92 Å². The Kier molecular flexibility index (Phi) is 7.08. The van der Waals surface area contributed by atoms with Gasteiger partial charge in [-0.3, -0.25) is 0 Å². The summed E-state index contributed by atoms with van der Waals surface area (Å²) in [7, 11) is 0. The van der Waals surface area contributed by atoms with E-state index in [1.54, 1.807) is 0 Å². The van der Waals surface area contributed by atoms with Gasteiger partial charge in [-0.05, 0) is 38.3 Å². The Labute approximate surface area is 96.2 Å². The number of nitrogens with zero attached hydrogens (tertiary/aromatic N) is 1. The summed E-state index contributed by atoms with van der Waals surface area (Å²) >= 11 is 0. The predicted molar refractivity (Wildman–Crippen MR) is 68.2 cm³/mol. The topological polar surface area (TPSA) is 3.24 Å². The standard InChI is InChI=1S/C14H29N/c1-3-5-6-7-8-11-15-12-10-14(13-15)9-4-2/h14H,3-13H2,1-2H3. The smallest absolute Gasteiger partial charge is 0.00101 e. The van der Waals surface area contributed by atoms with Crippen molar-refractivity contribution in [3.8, 4) is 0 Å². The highest BCUT2D eigenvalue weighted by molar-refractivity contribution is 4.74. The van der Waals surface area contributed by atoms with Gasteiger partial charge in [0.15, 0.2) is 0 Å². The van der Waals surface area contributed by atoms with Gasteiger partial charge in [0.1, 0.15) is 0 Å². The summed E-state index contributed by atoms with van der Waals surface area (Å²) in [6, 6.07) is 0. The second-order valence-corrected chi connectivity index (χ2v) is 5.16. The van der Waals surface area contributed by atoms with Gasteiger partial charge in [0, 0.05) is 6.54 Å². The molecule has 1 rings (SSSR count). The van der Waals surface area contributed by atoms with Crippen LogP contribution in [0.25, 0.3) is 0 Å². The lowest BCUT2D eigenvalue weighted by Crippen LogP contribution is -2.21. The number of unbranched alkanes of at least 4 members (excludes halogenated alkanes) is 4. The van der Waals surface area contributed by atoms with Gasteiger partial charge < -0.3 is 4.90 Å². The van der Waals surface area contributed by atoms with Gasteiger partial charge in [0.25, 0.3) is 0 Å². The summed E-state index contributed by atoms with van der Waals surface area (Å²) < 4.78 is 0. The summed E-state index contributed by atoms with van der Waals surface area (Å²) in [5.41, 5.74) is 0. The largest absolute Gasteiger partial charge is 0.303 e. The third-order valence-electron chi connectivity index (χ3n) is 3.64. The van der Waals surface area contributed by atoms with Gasteiger partial charge in [-0.1, -0.05) is 46.0 Å². The molecule has 0 bridgehead atoms. The maximum atomic E-state index is 2.69. The maximum absolute atomic E-state index is 2.69. The highest BCUT2D eigenvalue weighted by atomic mass is 15.1.